The van der Waals surface area contributed by atoms with Crippen LogP contribution >= 0.6 is 23.6 Å². The van der Waals surface area contributed by atoms with Crippen molar-refractivity contribution in [1.82, 2.24) is 10.6 Å². The van der Waals surface area contributed by atoms with Gasteiger partial charge in [-0.15, -0.1) is 11.3 Å². The fourth-order valence-corrected chi connectivity index (χ4v) is 4.06. The van der Waals surface area contributed by atoms with Gasteiger partial charge in [0, 0.05) is 6.07 Å². The molecule has 0 unspecified atom stereocenters. The van der Waals surface area contributed by atoms with Crippen molar-refractivity contribution in [3.05, 3.63) is 56.3 Å². The van der Waals surface area contributed by atoms with E-state index in [2.05, 4.69) is 5.32 Å². The molecule has 0 saturated carbocycles. The number of phenolic OH excluding ortho intramolecular Hbond substituents is 1. The number of nitro benzene ring substituents is 1. The number of halogens is 3. The first-order chi connectivity index (χ1) is 13.5. The number of carbonyl (C=O) groups is 1. The van der Waals surface area contributed by atoms with Crippen LogP contribution in [0.2, 0.25) is 0 Å². The van der Waals surface area contributed by atoms with Gasteiger partial charge in [0.05, 0.1) is 15.8 Å². The van der Waals surface area contributed by atoms with Gasteiger partial charge in [0.25, 0.3) is 0 Å². The largest absolute Gasteiger partial charge is 0.502 e. The third-order valence-corrected chi connectivity index (χ3v) is 5.51. The van der Waals surface area contributed by atoms with Gasteiger partial charge in [0.15, 0.2) is 16.6 Å². The lowest BCUT2D eigenvalue weighted by Crippen LogP contribution is -2.72. The number of phenols is 1. The molecule has 3 atom stereocenters. The summed E-state index contributed by atoms with van der Waals surface area (Å²) in [5.74, 6) is -3.91. The highest BCUT2D eigenvalue weighted by Crippen LogP contribution is 2.45. The first kappa shape index (κ1) is 21.0. The third-order valence-electron chi connectivity index (χ3n) is 4.41. The van der Waals surface area contributed by atoms with Crippen LogP contribution in [0, 0.1) is 16.0 Å². The minimum atomic E-state index is -5.31. The van der Waals surface area contributed by atoms with E-state index < -0.39 is 51.1 Å². The molecule has 0 aliphatic carbocycles. The van der Waals surface area contributed by atoms with E-state index in [0.717, 1.165) is 29.5 Å². The maximum absolute atomic E-state index is 13.8. The fourth-order valence-electron chi connectivity index (χ4n) is 3.07. The highest BCUT2D eigenvalue weighted by atomic mass is 32.1. The van der Waals surface area contributed by atoms with Gasteiger partial charge in [-0.25, -0.2) is 0 Å². The molecule has 2 aromatic rings. The zero-order valence-electron chi connectivity index (χ0n) is 14.1. The summed E-state index contributed by atoms with van der Waals surface area (Å²) in [7, 11) is 0. The number of aromatic hydroxyl groups is 1. The van der Waals surface area contributed by atoms with Gasteiger partial charge in [0.1, 0.15) is 5.92 Å². The molecule has 3 rings (SSSR count). The summed E-state index contributed by atoms with van der Waals surface area (Å²) in [4.78, 5) is 23.1. The fraction of sp³-hybridized carbons (Fsp3) is 0.250. The number of hydrogen-bond donors (Lipinski definition) is 4. The van der Waals surface area contributed by atoms with Crippen LogP contribution in [0.15, 0.2) is 35.7 Å². The SMILES string of the molecule is O=C(c1cccs1)[C@H]1[C@@H](c2ccc(O)c([N+](=O)[O-])c2)NC(=S)N[C@@]1(O)C(F)(F)F. The first-order valence-corrected chi connectivity index (χ1v) is 9.17. The molecular weight excluding hydrogens is 435 g/mol. The summed E-state index contributed by atoms with van der Waals surface area (Å²) in [6, 6.07) is 4.04. The zero-order valence-corrected chi connectivity index (χ0v) is 15.8. The Kier molecular flexibility index (Phi) is 5.23. The van der Waals surface area contributed by atoms with E-state index in [4.69, 9.17) is 12.2 Å². The van der Waals surface area contributed by atoms with Crippen molar-refractivity contribution in [2.24, 2.45) is 5.92 Å². The number of thiophene rings is 1. The monoisotopic (exact) mass is 447 g/mol. The minimum Gasteiger partial charge on any atom is -0.502 e. The second-order valence-corrected chi connectivity index (χ2v) is 7.52. The van der Waals surface area contributed by atoms with E-state index >= 15 is 0 Å². The van der Waals surface area contributed by atoms with Crippen LogP contribution in [0.25, 0.3) is 0 Å². The average Bonchev–Trinajstić information content (AvgIpc) is 3.14. The number of rotatable bonds is 4. The maximum Gasteiger partial charge on any atom is 0.437 e. The number of nitro groups is 1. The van der Waals surface area contributed by atoms with Crippen molar-refractivity contribution < 1.29 is 33.1 Å². The normalized spacial score (nSPS) is 24.5. The van der Waals surface area contributed by atoms with Gasteiger partial charge < -0.3 is 20.8 Å². The van der Waals surface area contributed by atoms with Crippen LogP contribution < -0.4 is 10.6 Å². The quantitative estimate of drug-likeness (QED) is 0.244. The van der Waals surface area contributed by atoms with Crippen molar-refractivity contribution in [3.63, 3.8) is 0 Å². The Morgan fingerprint density at radius 1 is 1.34 bits per heavy atom. The van der Waals surface area contributed by atoms with Gasteiger partial charge in [-0.1, -0.05) is 12.1 Å². The predicted octanol–water partition coefficient (Wildman–Crippen LogP) is 2.63. The molecule has 4 N–H and O–H groups in total. The highest BCUT2D eigenvalue weighted by molar-refractivity contribution is 7.80. The van der Waals surface area contributed by atoms with Crippen molar-refractivity contribution in [2.45, 2.75) is 17.9 Å². The van der Waals surface area contributed by atoms with E-state index in [-0.39, 0.29) is 10.4 Å². The van der Waals surface area contributed by atoms with Crippen LogP contribution in [0.5, 0.6) is 5.75 Å². The van der Waals surface area contributed by atoms with Gasteiger partial charge in [-0.05, 0) is 35.3 Å². The van der Waals surface area contributed by atoms with E-state index in [9.17, 15) is 38.3 Å². The number of benzene rings is 1. The van der Waals surface area contributed by atoms with Crippen LogP contribution in [-0.2, 0) is 0 Å². The smallest absolute Gasteiger partial charge is 0.437 e. The zero-order chi connectivity index (χ0) is 21.6. The van der Waals surface area contributed by atoms with E-state index in [1.807, 2.05) is 0 Å². The van der Waals surface area contributed by atoms with Crippen molar-refractivity contribution >= 4 is 40.1 Å². The summed E-state index contributed by atoms with van der Waals surface area (Å²) in [5, 5.41) is 36.3. The summed E-state index contributed by atoms with van der Waals surface area (Å²) >= 11 is 5.66. The number of nitrogens with zero attached hydrogens (tertiary/aromatic N) is 1. The Hall–Kier alpha value is -2.77. The van der Waals surface area contributed by atoms with E-state index in [1.165, 1.54) is 17.5 Å². The number of aliphatic hydroxyl groups is 1. The summed E-state index contributed by atoms with van der Waals surface area (Å²) in [6.45, 7) is 0. The second-order valence-electron chi connectivity index (χ2n) is 6.16. The number of ketones is 1. The summed E-state index contributed by atoms with van der Waals surface area (Å²) in [6.07, 6.45) is -5.31. The van der Waals surface area contributed by atoms with Crippen LogP contribution in [0.4, 0.5) is 18.9 Å². The molecule has 154 valence electrons. The number of carbonyl (C=O) groups excluding carboxylic acids is 1. The molecule has 1 fully saturated rings. The van der Waals surface area contributed by atoms with Crippen molar-refractivity contribution in [1.29, 1.82) is 0 Å². The maximum atomic E-state index is 13.8. The Labute approximate surface area is 170 Å². The van der Waals surface area contributed by atoms with Crippen LogP contribution in [0.3, 0.4) is 0 Å². The number of hydrogen-bond acceptors (Lipinski definition) is 7. The molecule has 8 nitrogen and oxygen atoms in total. The molecule has 0 spiro atoms. The molecule has 1 aliphatic rings. The van der Waals surface area contributed by atoms with Gasteiger partial charge in [0.2, 0.25) is 5.72 Å². The predicted molar refractivity (Wildman–Crippen MR) is 99.5 cm³/mol. The molecule has 2 heterocycles. The summed E-state index contributed by atoms with van der Waals surface area (Å²) < 4.78 is 41.4. The average molecular weight is 447 g/mol. The third kappa shape index (κ3) is 3.63. The van der Waals surface area contributed by atoms with Gasteiger partial charge >= 0.3 is 11.9 Å². The Balaban J connectivity index is 2.19. The molecule has 1 aliphatic heterocycles. The summed E-state index contributed by atoms with van der Waals surface area (Å²) in [5.41, 5.74) is -4.64. The molecule has 0 amide bonds. The van der Waals surface area contributed by atoms with Crippen molar-refractivity contribution in [3.8, 4) is 5.75 Å². The van der Waals surface area contributed by atoms with Gasteiger partial charge in [-0.3, -0.25) is 14.9 Å². The minimum absolute atomic E-state index is 0.0487. The van der Waals surface area contributed by atoms with Crippen LogP contribution in [-0.4, -0.2) is 37.9 Å². The van der Waals surface area contributed by atoms with Crippen LogP contribution in [0.1, 0.15) is 21.3 Å². The molecule has 1 aromatic carbocycles. The number of alkyl halides is 3. The Morgan fingerprint density at radius 2 is 2.03 bits per heavy atom. The molecule has 0 radical (unpaired) electrons. The molecule has 1 aromatic heterocycles. The van der Waals surface area contributed by atoms with Gasteiger partial charge in [-0.2, -0.15) is 13.2 Å². The second kappa shape index (κ2) is 7.24. The lowest BCUT2D eigenvalue weighted by atomic mass is 9.78. The van der Waals surface area contributed by atoms with E-state index in [0.29, 0.717) is 0 Å². The van der Waals surface area contributed by atoms with E-state index in [1.54, 1.807) is 5.32 Å². The van der Waals surface area contributed by atoms with Crippen molar-refractivity contribution in [2.75, 3.05) is 0 Å². The Bertz CT molecular complexity index is 983. The highest BCUT2D eigenvalue weighted by Gasteiger charge is 2.66. The Morgan fingerprint density at radius 3 is 2.59 bits per heavy atom. The number of thiocarbonyl (C=S) groups is 1. The number of Topliss-reactive ketones (excluding diaryl/α,β-unsaturated/α-hetero) is 1. The number of nitrogens with one attached hydrogen (secondary N) is 2. The molecule has 29 heavy (non-hydrogen) atoms. The molecule has 13 heteroatoms. The molecule has 1 saturated heterocycles. The lowest BCUT2D eigenvalue weighted by Gasteiger charge is -2.46. The molecular formula is C16H12F3N3O5S2. The topological polar surface area (TPSA) is 125 Å². The molecule has 0 bridgehead atoms. The lowest BCUT2D eigenvalue weighted by molar-refractivity contribution is -0.386. The first-order valence-electron chi connectivity index (χ1n) is 7.88. The standard InChI is InChI=1S/C16H12F3N3O5S2/c17-16(18,19)15(25)11(13(24)10-2-1-5-29-10)12(20-14(28)21-15)7-3-4-9(23)8(6-7)22(26)27/h1-6,11-12,23,25H,(H2,20,21,28)/t11-,12-,15+/m1/s1.